The van der Waals surface area contributed by atoms with E-state index in [0.29, 0.717) is 0 Å². The van der Waals surface area contributed by atoms with Crippen LogP contribution in [0.25, 0.3) is 0 Å². The molecule has 0 aromatic rings. The molecule has 0 heterocycles. The third-order valence-corrected chi connectivity index (χ3v) is 0.697. The van der Waals surface area contributed by atoms with Crippen molar-refractivity contribution in [2.45, 2.75) is 85.1 Å². The summed E-state index contributed by atoms with van der Waals surface area (Å²) in [5.41, 5.74) is 0. The first-order chi connectivity index (χ1) is 5.74. The molecule has 0 fully saturated rings. The van der Waals surface area contributed by atoms with Gasteiger partial charge in [-0.1, -0.05) is 71.8 Å². The van der Waals surface area contributed by atoms with Crippen LogP contribution < -0.4 is 0 Å². The highest BCUT2D eigenvalue weighted by Gasteiger charge is 1.66. The van der Waals surface area contributed by atoms with Crippen molar-refractivity contribution in [2.75, 3.05) is 27.4 Å². The highest BCUT2D eigenvalue weighted by molar-refractivity contribution is 4.15. The van der Waals surface area contributed by atoms with Gasteiger partial charge >= 0.3 is 0 Å². The molecule has 0 N–H and O–H groups in total. The van der Waals surface area contributed by atoms with Crippen LogP contribution in [0, 0.1) is 0 Å². The van der Waals surface area contributed by atoms with Crippen LogP contribution in [0.15, 0.2) is 0 Å². The van der Waals surface area contributed by atoms with E-state index in [4.69, 9.17) is 4.74 Å². The fourth-order valence-electron chi connectivity index (χ4n) is 0.204. The predicted molar refractivity (Wildman–Crippen MR) is 96.1 cm³/mol. The number of rotatable bonds is 3. The average Bonchev–Trinajstić information content (AvgIpc) is 2.08. The Morgan fingerprint density at radius 2 is 0.833 bits per heavy atom. The highest BCUT2D eigenvalue weighted by atomic mass is 16.5. The Hall–Kier alpha value is -0.0800. The second-order valence-corrected chi connectivity index (χ2v) is 2.28. The number of methoxy groups -OCH3 is 2. The van der Waals surface area contributed by atoms with Crippen LogP contribution in [0.3, 0.4) is 0 Å². The fraction of sp³-hybridized carbons (Fsp3) is 1.00. The summed E-state index contributed by atoms with van der Waals surface area (Å²) >= 11 is 0. The van der Waals surface area contributed by atoms with Crippen molar-refractivity contribution >= 4 is 0 Å². The van der Waals surface area contributed by atoms with Gasteiger partial charge in [0.1, 0.15) is 0 Å². The van der Waals surface area contributed by atoms with E-state index in [1.807, 2.05) is 6.92 Å². The van der Waals surface area contributed by atoms with Crippen LogP contribution in [0.2, 0.25) is 0 Å². The number of hydrogen-bond donors (Lipinski definition) is 0. The molecule has 0 rings (SSSR count). The lowest BCUT2D eigenvalue weighted by Gasteiger charge is -1.84. The molecule has 0 aliphatic carbocycles. The molecule has 0 aliphatic rings. The predicted octanol–water partition coefficient (Wildman–Crippen LogP) is 6.93. The summed E-state index contributed by atoms with van der Waals surface area (Å²) in [6.07, 6.45) is 2.37. The molecule has 0 aromatic heterocycles. The second-order valence-electron chi connectivity index (χ2n) is 2.28. The zero-order chi connectivity index (χ0) is 10.2. The SMILES string of the molecule is C.C.C.C.C.C.CCC.CCCOC.CCOC. The van der Waals surface area contributed by atoms with Crippen LogP contribution in [0.5, 0.6) is 0 Å². The zero-order valence-corrected chi connectivity index (χ0v) is 9.64. The van der Waals surface area contributed by atoms with Crippen molar-refractivity contribution in [3.63, 3.8) is 0 Å². The summed E-state index contributed by atoms with van der Waals surface area (Å²) in [5, 5.41) is 0. The lowest BCUT2D eigenvalue weighted by Crippen LogP contribution is -1.80. The number of hydrogen-bond acceptors (Lipinski definition) is 2. The molecule has 0 bridgehead atoms. The van der Waals surface area contributed by atoms with Gasteiger partial charge in [0.05, 0.1) is 0 Å². The van der Waals surface area contributed by atoms with E-state index in [9.17, 15) is 0 Å². The van der Waals surface area contributed by atoms with Gasteiger partial charge < -0.3 is 9.47 Å². The fourth-order valence-corrected chi connectivity index (χ4v) is 0.204. The molecule has 0 aliphatic heterocycles. The Labute approximate surface area is 122 Å². The topological polar surface area (TPSA) is 18.5 Å². The van der Waals surface area contributed by atoms with Crippen LogP contribution in [0.1, 0.15) is 85.1 Å². The summed E-state index contributed by atoms with van der Waals surface area (Å²) in [4.78, 5) is 0. The maximum atomic E-state index is 4.69. The van der Waals surface area contributed by atoms with E-state index in [1.165, 1.54) is 6.42 Å². The molecule has 0 radical (unpaired) electrons. The molecule has 0 aromatic carbocycles. The molecule has 0 saturated carbocycles. The lowest BCUT2D eigenvalue weighted by atomic mass is 10.5. The van der Waals surface area contributed by atoms with Crippen molar-refractivity contribution in [1.82, 2.24) is 0 Å². The zero-order valence-electron chi connectivity index (χ0n) is 9.64. The quantitative estimate of drug-likeness (QED) is 0.555. The van der Waals surface area contributed by atoms with Crippen LogP contribution in [-0.2, 0) is 9.47 Å². The molecular formula is C16H50O2. The average molecular weight is 275 g/mol. The van der Waals surface area contributed by atoms with Gasteiger partial charge in [-0.2, -0.15) is 0 Å². The first-order valence-electron chi connectivity index (χ1n) is 4.72. The van der Waals surface area contributed by atoms with E-state index in [2.05, 4.69) is 25.5 Å². The highest BCUT2D eigenvalue weighted by Crippen LogP contribution is 1.70. The monoisotopic (exact) mass is 274 g/mol. The van der Waals surface area contributed by atoms with Gasteiger partial charge in [-0.05, 0) is 13.3 Å². The first-order valence-corrected chi connectivity index (χ1v) is 4.72. The third kappa shape index (κ3) is 416. The van der Waals surface area contributed by atoms with Crippen molar-refractivity contribution in [1.29, 1.82) is 0 Å². The van der Waals surface area contributed by atoms with Gasteiger partial charge in [0.2, 0.25) is 0 Å². The summed E-state index contributed by atoms with van der Waals surface area (Å²) < 4.78 is 9.23. The van der Waals surface area contributed by atoms with Gasteiger partial charge in [0, 0.05) is 27.4 Å². The van der Waals surface area contributed by atoms with Crippen LogP contribution >= 0.6 is 0 Å². The molecule has 0 unspecified atom stereocenters. The minimum Gasteiger partial charge on any atom is -0.385 e. The standard InChI is InChI=1S/C4H10O.C3H8O.C3H8.6CH4/c1-3-4-5-2;1-3-4-2;1-3-2;;;;;;/h3-4H2,1-2H3;3H2,1-2H3;3H2,1-2H3;6*1H4. The molecule has 2 heteroatoms. The van der Waals surface area contributed by atoms with Crippen molar-refractivity contribution in [2.24, 2.45) is 0 Å². The summed E-state index contributed by atoms with van der Waals surface area (Å²) in [7, 11) is 3.39. The van der Waals surface area contributed by atoms with Crippen LogP contribution in [0.4, 0.5) is 0 Å². The molecule has 0 atom stereocenters. The maximum absolute atomic E-state index is 4.69. The molecular weight excluding hydrogens is 224 g/mol. The molecule has 0 spiro atoms. The summed E-state index contributed by atoms with van der Waals surface area (Å²) in [5.74, 6) is 0. The van der Waals surface area contributed by atoms with Gasteiger partial charge in [0.15, 0.2) is 0 Å². The van der Waals surface area contributed by atoms with E-state index < -0.39 is 0 Å². The molecule has 0 amide bonds. The van der Waals surface area contributed by atoms with Crippen LogP contribution in [-0.4, -0.2) is 27.4 Å². The maximum Gasteiger partial charge on any atom is 0.0459 e. The van der Waals surface area contributed by atoms with Gasteiger partial charge in [-0.25, -0.2) is 0 Å². The van der Waals surface area contributed by atoms with Gasteiger partial charge in [0.25, 0.3) is 0 Å². The Morgan fingerprint density at radius 1 is 0.611 bits per heavy atom. The van der Waals surface area contributed by atoms with E-state index >= 15 is 0 Å². The van der Waals surface area contributed by atoms with E-state index in [0.717, 1.165) is 19.6 Å². The van der Waals surface area contributed by atoms with E-state index in [1.54, 1.807) is 14.2 Å². The van der Waals surface area contributed by atoms with E-state index in [-0.39, 0.29) is 44.6 Å². The Kier molecular flexibility index (Phi) is 438. The summed E-state index contributed by atoms with van der Waals surface area (Å²) in [6.45, 7) is 10.0. The van der Waals surface area contributed by atoms with Gasteiger partial charge in [-0.3, -0.25) is 0 Å². The van der Waals surface area contributed by atoms with Crippen molar-refractivity contribution < 1.29 is 9.47 Å². The Bertz CT molecular complexity index is 36.1. The second kappa shape index (κ2) is 122. The molecule has 126 valence electrons. The largest absolute Gasteiger partial charge is 0.385 e. The minimum absolute atomic E-state index is 0. The first kappa shape index (κ1) is 64.5. The van der Waals surface area contributed by atoms with Crippen molar-refractivity contribution in [3.05, 3.63) is 0 Å². The summed E-state index contributed by atoms with van der Waals surface area (Å²) in [6, 6.07) is 0. The molecule has 18 heavy (non-hydrogen) atoms. The normalized spacial score (nSPS) is 5.00. The Morgan fingerprint density at radius 3 is 0.833 bits per heavy atom. The van der Waals surface area contributed by atoms with Gasteiger partial charge in [-0.15, -0.1) is 0 Å². The minimum atomic E-state index is 0. The third-order valence-electron chi connectivity index (χ3n) is 0.697. The number of ether oxygens (including phenoxy) is 2. The lowest BCUT2D eigenvalue weighted by molar-refractivity contribution is 0.199. The molecule has 2 nitrogen and oxygen atoms in total. The Balaban J connectivity index is -0.00000000843. The smallest absolute Gasteiger partial charge is 0.0459 e. The van der Waals surface area contributed by atoms with Crippen molar-refractivity contribution in [3.8, 4) is 0 Å². The molecule has 0 saturated heterocycles.